The fraction of sp³-hybridized carbons (Fsp3) is 1.00. The molecule has 0 spiro atoms. The van der Waals surface area contributed by atoms with Crippen molar-refractivity contribution in [1.29, 1.82) is 0 Å². The third-order valence-electron chi connectivity index (χ3n) is 0.712. The van der Waals surface area contributed by atoms with Crippen LogP contribution in [0.4, 0.5) is 26.3 Å². The SMILES string of the molecule is FC(F)(F)C(Br)(I)C(F)(F)F. The van der Waals surface area contributed by atoms with Crippen LogP contribution in [0.15, 0.2) is 0 Å². The van der Waals surface area contributed by atoms with Gasteiger partial charge in [-0.2, -0.15) is 26.3 Å². The van der Waals surface area contributed by atoms with E-state index in [1.54, 1.807) is 15.9 Å². The fourth-order valence-corrected chi connectivity index (χ4v) is 0.161. The van der Waals surface area contributed by atoms with Gasteiger partial charge in [0.15, 0.2) is 0 Å². The Kier molecular flexibility index (Phi) is 3.14. The maximum absolute atomic E-state index is 11.6. The van der Waals surface area contributed by atoms with E-state index in [9.17, 15) is 26.3 Å². The number of halogens is 8. The van der Waals surface area contributed by atoms with Gasteiger partial charge in [-0.1, -0.05) is 15.9 Å². The average molecular weight is 357 g/mol. The quantitative estimate of drug-likeness (QED) is 0.353. The summed E-state index contributed by atoms with van der Waals surface area (Å²) in [6, 6.07) is 0. The molecule has 0 bridgehead atoms. The molecule has 8 heteroatoms. The lowest BCUT2D eigenvalue weighted by Gasteiger charge is -2.25. The monoisotopic (exact) mass is 356 g/mol. The second-order valence-electron chi connectivity index (χ2n) is 1.57. The molecule has 0 rings (SSSR count). The molecule has 0 nitrogen and oxygen atoms in total. The molecule has 0 N–H and O–H groups in total. The molecule has 0 aliphatic carbocycles. The lowest BCUT2D eigenvalue weighted by atomic mass is 10.4. The van der Waals surface area contributed by atoms with Crippen molar-refractivity contribution in [1.82, 2.24) is 0 Å². The molecule has 0 amide bonds. The first kappa shape index (κ1) is 11.8. The Morgan fingerprint density at radius 3 is 1.00 bits per heavy atom. The highest BCUT2D eigenvalue weighted by Crippen LogP contribution is 2.53. The molecule has 11 heavy (non-hydrogen) atoms. The van der Waals surface area contributed by atoms with Crippen molar-refractivity contribution in [3.05, 3.63) is 0 Å². The second-order valence-corrected chi connectivity index (χ2v) is 5.86. The van der Waals surface area contributed by atoms with Crippen molar-refractivity contribution in [2.24, 2.45) is 0 Å². The predicted molar refractivity (Wildman–Crippen MR) is 37.8 cm³/mol. The Bertz CT molecular complexity index is 129. The molecule has 0 fully saturated rings. The Morgan fingerprint density at radius 2 is 1.00 bits per heavy atom. The van der Waals surface area contributed by atoms with Crippen LogP contribution in [-0.4, -0.2) is 14.7 Å². The van der Waals surface area contributed by atoms with Gasteiger partial charge in [-0.3, -0.25) is 0 Å². The summed E-state index contributed by atoms with van der Waals surface area (Å²) in [7, 11) is 0. The van der Waals surface area contributed by atoms with Crippen LogP contribution in [0, 0.1) is 0 Å². The molecule has 0 aliphatic rings. The fourth-order valence-electron chi connectivity index (χ4n) is 0.161. The number of hydrogen-bond donors (Lipinski definition) is 0. The third-order valence-corrected chi connectivity index (χ3v) is 2.83. The van der Waals surface area contributed by atoms with Crippen LogP contribution in [0.2, 0.25) is 0 Å². The summed E-state index contributed by atoms with van der Waals surface area (Å²) in [5.41, 5.74) is 0. The van der Waals surface area contributed by atoms with Crippen LogP contribution in [0.1, 0.15) is 0 Å². The van der Waals surface area contributed by atoms with Crippen molar-refractivity contribution < 1.29 is 26.3 Å². The number of alkyl halides is 8. The molecule has 0 unspecified atom stereocenters. The van der Waals surface area contributed by atoms with E-state index >= 15 is 0 Å². The molecule has 0 atom stereocenters. The van der Waals surface area contributed by atoms with Crippen LogP contribution in [0.3, 0.4) is 0 Å². The smallest absolute Gasteiger partial charge is 0.168 e. The Hall–Kier alpha value is 0.790. The molecular formula is C3BrF6I. The number of rotatable bonds is 0. The van der Waals surface area contributed by atoms with Gasteiger partial charge in [-0.15, -0.1) is 0 Å². The van der Waals surface area contributed by atoms with Crippen molar-refractivity contribution in [3.63, 3.8) is 0 Å². The Labute approximate surface area is 79.6 Å². The summed E-state index contributed by atoms with van der Waals surface area (Å²) < 4.78 is 65.5. The van der Waals surface area contributed by atoms with Crippen LogP contribution < -0.4 is 0 Å². The van der Waals surface area contributed by atoms with Gasteiger partial charge in [0.2, 0.25) is 0 Å². The predicted octanol–water partition coefficient (Wildman–Crippen LogP) is 3.64. The van der Waals surface area contributed by atoms with Crippen LogP contribution in [0.5, 0.6) is 0 Å². The summed E-state index contributed by atoms with van der Waals surface area (Å²) >= 11 is 1.82. The van der Waals surface area contributed by atoms with E-state index in [0.29, 0.717) is 0 Å². The van der Waals surface area contributed by atoms with E-state index in [-0.39, 0.29) is 22.6 Å². The lowest BCUT2D eigenvalue weighted by molar-refractivity contribution is -0.227. The minimum absolute atomic E-state index is 0.256. The highest BCUT2D eigenvalue weighted by atomic mass is 127. The molecular weight excluding hydrogens is 357 g/mol. The van der Waals surface area contributed by atoms with Crippen LogP contribution in [0.25, 0.3) is 0 Å². The molecule has 0 aromatic heterocycles. The maximum Gasteiger partial charge on any atom is 0.421 e. The van der Waals surface area contributed by atoms with Gasteiger partial charge in [-0.05, 0) is 22.6 Å². The van der Waals surface area contributed by atoms with E-state index in [0.717, 1.165) is 0 Å². The molecule has 0 aromatic carbocycles. The average Bonchev–Trinajstić information content (AvgIpc) is 1.58. The summed E-state index contributed by atoms with van der Waals surface area (Å²) in [6.45, 7) is 0. The topological polar surface area (TPSA) is 0 Å². The van der Waals surface area contributed by atoms with Gasteiger partial charge in [0.25, 0.3) is 2.33 Å². The molecule has 0 saturated heterocycles. The molecule has 0 radical (unpaired) electrons. The number of hydrogen-bond acceptors (Lipinski definition) is 0. The van der Waals surface area contributed by atoms with Crippen molar-refractivity contribution >= 4 is 38.5 Å². The van der Waals surface area contributed by atoms with Crippen molar-refractivity contribution in [3.8, 4) is 0 Å². The summed E-state index contributed by atoms with van der Waals surface area (Å²) in [5.74, 6) is 0. The van der Waals surface area contributed by atoms with Gasteiger partial charge in [0, 0.05) is 0 Å². The highest BCUT2D eigenvalue weighted by Gasteiger charge is 2.68. The zero-order valence-corrected chi connectivity index (χ0v) is 8.27. The highest BCUT2D eigenvalue weighted by molar-refractivity contribution is 14.1. The lowest BCUT2D eigenvalue weighted by Crippen LogP contribution is -2.46. The maximum atomic E-state index is 11.6. The first-order chi connectivity index (χ1) is 4.50. The van der Waals surface area contributed by atoms with Crippen molar-refractivity contribution in [2.75, 3.05) is 0 Å². The minimum atomic E-state index is -5.34. The van der Waals surface area contributed by atoms with E-state index in [4.69, 9.17) is 0 Å². The van der Waals surface area contributed by atoms with E-state index < -0.39 is 14.7 Å². The van der Waals surface area contributed by atoms with Gasteiger partial charge in [0.1, 0.15) is 0 Å². The van der Waals surface area contributed by atoms with Crippen LogP contribution >= 0.6 is 38.5 Å². The third kappa shape index (κ3) is 2.36. The van der Waals surface area contributed by atoms with E-state index in [2.05, 4.69) is 0 Å². The largest absolute Gasteiger partial charge is 0.421 e. The van der Waals surface area contributed by atoms with Gasteiger partial charge in [-0.25, -0.2) is 0 Å². The van der Waals surface area contributed by atoms with Gasteiger partial charge in [0.05, 0.1) is 0 Å². The standard InChI is InChI=1S/C3BrF6I/c4-1(11,2(5,6)7)3(8,9)10. The van der Waals surface area contributed by atoms with Crippen molar-refractivity contribution in [2.45, 2.75) is 14.7 Å². The van der Waals surface area contributed by atoms with Gasteiger partial charge >= 0.3 is 12.4 Å². The zero-order chi connectivity index (χ0) is 9.50. The van der Waals surface area contributed by atoms with Gasteiger partial charge < -0.3 is 0 Å². The summed E-state index contributed by atoms with van der Waals surface area (Å²) in [6.07, 6.45) is -10.7. The first-order valence-electron chi connectivity index (χ1n) is 2.01. The zero-order valence-electron chi connectivity index (χ0n) is 4.52. The molecule has 0 saturated carbocycles. The first-order valence-corrected chi connectivity index (χ1v) is 3.88. The molecule has 0 aromatic rings. The minimum Gasteiger partial charge on any atom is -0.168 e. The van der Waals surface area contributed by atoms with E-state index in [1.807, 2.05) is 0 Å². The van der Waals surface area contributed by atoms with Crippen LogP contribution in [-0.2, 0) is 0 Å². The second kappa shape index (κ2) is 2.93. The summed E-state index contributed by atoms with van der Waals surface area (Å²) in [5, 5.41) is 0. The molecule has 0 aliphatic heterocycles. The normalized spacial score (nSPS) is 15.3. The van der Waals surface area contributed by atoms with E-state index in [1.165, 1.54) is 0 Å². The Morgan fingerprint density at radius 1 is 0.818 bits per heavy atom. The molecule has 68 valence electrons. The molecule has 0 heterocycles. The summed E-state index contributed by atoms with van der Waals surface area (Å²) in [4.78, 5) is 0. The Balaban J connectivity index is 4.75.